The van der Waals surface area contributed by atoms with Crippen LogP contribution in [0.25, 0.3) is 0 Å². The predicted octanol–water partition coefficient (Wildman–Crippen LogP) is 1.58. The number of halogens is 1. The minimum absolute atomic E-state index is 0.0769. The number of hydrazone groups is 1. The van der Waals surface area contributed by atoms with Crippen LogP contribution in [0.2, 0.25) is 0 Å². The van der Waals surface area contributed by atoms with Crippen LogP contribution in [0.15, 0.2) is 47.6 Å². The Labute approximate surface area is 151 Å². The summed E-state index contributed by atoms with van der Waals surface area (Å²) in [6.07, 6.45) is 1.23. The van der Waals surface area contributed by atoms with Crippen molar-refractivity contribution in [2.24, 2.45) is 5.10 Å². The van der Waals surface area contributed by atoms with E-state index >= 15 is 0 Å². The molecule has 2 amide bonds. The van der Waals surface area contributed by atoms with Crippen molar-refractivity contribution >= 4 is 40.6 Å². The summed E-state index contributed by atoms with van der Waals surface area (Å²) in [6.45, 7) is -0.233. The molecule has 8 heteroatoms. The van der Waals surface area contributed by atoms with Gasteiger partial charge in [0.1, 0.15) is 11.5 Å². The first-order valence-electron chi connectivity index (χ1n) is 6.84. The van der Waals surface area contributed by atoms with Gasteiger partial charge in [0, 0.05) is 15.2 Å². The number of nitrogens with one attached hydrogen (secondary N) is 2. The normalized spacial score (nSPS) is 10.5. The molecule has 24 heavy (non-hydrogen) atoms. The van der Waals surface area contributed by atoms with Gasteiger partial charge in [-0.15, -0.1) is 0 Å². The Morgan fingerprint density at radius 1 is 1.17 bits per heavy atom. The first-order valence-corrected chi connectivity index (χ1v) is 7.92. The Morgan fingerprint density at radius 2 is 1.92 bits per heavy atom. The molecule has 0 saturated carbocycles. The second-order valence-electron chi connectivity index (χ2n) is 4.70. The lowest BCUT2D eigenvalue weighted by Gasteiger charge is -2.05. The molecule has 0 saturated heterocycles. The fourth-order valence-electron chi connectivity index (χ4n) is 1.76. The van der Waals surface area contributed by atoms with Gasteiger partial charge in [0.2, 0.25) is 0 Å². The molecule has 2 aromatic rings. The Morgan fingerprint density at radius 3 is 2.62 bits per heavy atom. The SMILES string of the molecule is O=C(CNC(=O)c1ccccc1I)N/N=C\c1ccc(O)cc1O. The van der Waals surface area contributed by atoms with E-state index in [1.807, 2.05) is 28.7 Å². The van der Waals surface area contributed by atoms with Gasteiger partial charge in [0.15, 0.2) is 0 Å². The molecular formula is C16H14IN3O4. The summed E-state index contributed by atoms with van der Waals surface area (Å²) in [5.74, 6) is -1.11. The van der Waals surface area contributed by atoms with E-state index < -0.39 is 5.91 Å². The van der Waals surface area contributed by atoms with Crippen molar-refractivity contribution in [3.05, 3.63) is 57.2 Å². The molecule has 0 radical (unpaired) electrons. The third-order valence-corrected chi connectivity index (χ3v) is 3.88. The molecule has 0 aliphatic heterocycles. The largest absolute Gasteiger partial charge is 0.508 e. The molecule has 0 spiro atoms. The number of rotatable bonds is 5. The second kappa shape index (κ2) is 8.29. The number of hydrogen-bond acceptors (Lipinski definition) is 5. The molecule has 0 aromatic heterocycles. The van der Waals surface area contributed by atoms with Gasteiger partial charge >= 0.3 is 0 Å². The molecule has 0 aliphatic carbocycles. The molecular weight excluding hydrogens is 425 g/mol. The van der Waals surface area contributed by atoms with Gasteiger partial charge in [0.05, 0.1) is 18.3 Å². The molecule has 4 N–H and O–H groups in total. The smallest absolute Gasteiger partial charge is 0.259 e. The van der Waals surface area contributed by atoms with E-state index in [-0.39, 0.29) is 24.0 Å². The van der Waals surface area contributed by atoms with Gasteiger partial charge < -0.3 is 15.5 Å². The number of benzene rings is 2. The quantitative estimate of drug-likeness (QED) is 0.322. The lowest BCUT2D eigenvalue weighted by atomic mass is 10.2. The molecule has 0 bridgehead atoms. The predicted molar refractivity (Wildman–Crippen MR) is 97.0 cm³/mol. The monoisotopic (exact) mass is 439 g/mol. The molecule has 0 atom stereocenters. The van der Waals surface area contributed by atoms with Crippen LogP contribution in [0.3, 0.4) is 0 Å². The number of aromatic hydroxyl groups is 2. The molecule has 0 heterocycles. The fourth-order valence-corrected chi connectivity index (χ4v) is 2.39. The van der Waals surface area contributed by atoms with Gasteiger partial charge in [-0.3, -0.25) is 9.59 Å². The van der Waals surface area contributed by atoms with E-state index in [2.05, 4.69) is 15.8 Å². The number of carbonyl (C=O) groups excluding carboxylic acids is 2. The first kappa shape index (κ1) is 17.7. The van der Waals surface area contributed by atoms with Crippen molar-refractivity contribution in [3.63, 3.8) is 0 Å². The van der Waals surface area contributed by atoms with E-state index in [9.17, 15) is 19.8 Å². The molecule has 0 unspecified atom stereocenters. The number of phenols is 2. The maximum atomic E-state index is 12.0. The topological polar surface area (TPSA) is 111 Å². The molecule has 7 nitrogen and oxygen atoms in total. The van der Waals surface area contributed by atoms with E-state index in [1.165, 1.54) is 18.3 Å². The summed E-state index contributed by atoms with van der Waals surface area (Å²) in [4.78, 5) is 23.6. The van der Waals surface area contributed by atoms with Crippen LogP contribution in [0.1, 0.15) is 15.9 Å². The number of phenolic OH excluding ortho intramolecular Hbond substituents is 2. The number of nitrogens with zero attached hydrogens (tertiary/aromatic N) is 1. The van der Waals surface area contributed by atoms with Crippen LogP contribution in [-0.2, 0) is 4.79 Å². The maximum Gasteiger partial charge on any atom is 0.259 e. The maximum absolute atomic E-state index is 12.0. The van der Waals surface area contributed by atoms with Crippen molar-refractivity contribution in [2.75, 3.05) is 6.54 Å². The van der Waals surface area contributed by atoms with Gasteiger partial charge in [0.25, 0.3) is 11.8 Å². The van der Waals surface area contributed by atoms with E-state index in [4.69, 9.17) is 0 Å². The van der Waals surface area contributed by atoms with Crippen molar-refractivity contribution in [3.8, 4) is 11.5 Å². The van der Waals surface area contributed by atoms with E-state index in [0.717, 1.165) is 9.64 Å². The van der Waals surface area contributed by atoms with Crippen LogP contribution < -0.4 is 10.7 Å². The minimum atomic E-state index is -0.510. The van der Waals surface area contributed by atoms with Crippen molar-refractivity contribution in [1.29, 1.82) is 0 Å². The third kappa shape index (κ3) is 4.95. The highest BCUT2D eigenvalue weighted by atomic mass is 127. The molecule has 124 valence electrons. The van der Waals surface area contributed by atoms with Crippen molar-refractivity contribution in [1.82, 2.24) is 10.7 Å². The van der Waals surface area contributed by atoms with E-state index in [0.29, 0.717) is 11.1 Å². The summed E-state index contributed by atoms with van der Waals surface area (Å²) in [5.41, 5.74) is 3.05. The summed E-state index contributed by atoms with van der Waals surface area (Å²) in [7, 11) is 0. The zero-order valence-electron chi connectivity index (χ0n) is 12.4. The van der Waals surface area contributed by atoms with Crippen LogP contribution in [-0.4, -0.2) is 34.8 Å². The average molecular weight is 439 g/mol. The zero-order chi connectivity index (χ0) is 17.5. The van der Waals surface area contributed by atoms with Crippen LogP contribution in [0.4, 0.5) is 0 Å². The molecule has 0 aliphatic rings. The zero-order valence-corrected chi connectivity index (χ0v) is 14.5. The highest BCUT2D eigenvalue weighted by Gasteiger charge is 2.10. The summed E-state index contributed by atoms with van der Waals surface area (Å²) < 4.78 is 0.786. The van der Waals surface area contributed by atoms with Crippen LogP contribution >= 0.6 is 22.6 Å². The Hall–Kier alpha value is -2.62. The average Bonchev–Trinajstić information content (AvgIpc) is 2.55. The Kier molecular flexibility index (Phi) is 6.13. The fraction of sp³-hybridized carbons (Fsp3) is 0.0625. The lowest BCUT2D eigenvalue weighted by Crippen LogP contribution is -2.35. The van der Waals surface area contributed by atoms with E-state index in [1.54, 1.807) is 18.2 Å². The second-order valence-corrected chi connectivity index (χ2v) is 5.86. The first-order chi connectivity index (χ1) is 11.5. The molecule has 2 aromatic carbocycles. The van der Waals surface area contributed by atoms with Gasteiger partial charge in [-0.25, -0.2) is 5.43 Å². The van der Waals surface area contributed by atoms with Gasteiger partial charge in [-0.05, 0) is 46.9 Å². The number of amides is 2. The number of hydrogen-bond donors (Lipinski definition) is 4. The Bertz CT molecular complexity index is 793. The standard InChI is InChI=1S/C16H14IN3O4/c17-13-4-2-1-3-12(13)16(24)18-9-15(23)20-19-8-10-5-6-11(21)7-14(10)22/h1-8,21-22H,9H2,(H,18,24)(H,20,23)/b19-8-. The third-order valence-electron chi connectivity index (χ3n) is 2.93. The summed E-state index contributed by atoms with van der Waals surface area (Å²) >= 11 is 2.04. The van der Waals surface area contributed by atoms with Gasteiger partial charge in [-0.2, -0.15) is 5.10 Å². The summed E-state index contributed by atoms with van der Waals surface area (Å²) in [6, 6.07) is 11.0. The van der Waals surface area contributed by atoms with Crippen molar-refractivity contribution < 1.29 is 19.8 Å². The summed E-state index contributed by atoms with van der Waals surface area (Å²) in [5, 5.41) is 24.9. The van der Waals surface area contributed by atoms with Crippen LogP contribution in [0.5, 0.6) is 11.5 Å². The highest BCUT2D eigenvalue weighted by Crippen LogP contribution is 2.20. The Balaban J connectivity index is 1.84. The minimum Gasteiger partial charge on any atom is -0.508 e. The molecule has 0 fully saturated rings. The number of carbonyl (C=O) groups is 2. The highest BCUT2D eigenvalue weighted by molar-refractivity contribution is 14.1. The van der Waals surface area contributed by atoms with Crippen LogP contribution in [0, 0.1) is 3.57 Å². The van der Waals surface area contributed by atoms with Gasteiger partial charge in [-0.1, -0.05) is 12.1 Å². The molecule has 2 rings (SSSR count). The lowest BCUT2D eigenvalue weighted by molar-refractivity contribution is -0.120. The van der Waals surface area contributed by atoms with Crippen molar-refractivity contribution in [2.45, 2.75) is 0 Å².